The molecule has 52 heavy (non-hydrogen) atoms. The number of fused-ring (bicyclic) bond motifs is 9. The van der Waals surface area contributed by atoms with E-state index < -0.39 is 0 Å². The largest absolute Gasteiger partial charge is 0.456 e. The SMILES string of the molecule is c1ccc(N(c2nc(-c3ccc4c(c3)oc3ccccc34)nc(-c3ccc4oc5ccccc5c4c3)n2)c2cccc3oc4ccccc4c23)cc1. The highest BCUT2D eigenvalue weighted by Gasteiger charge is 2.24. The molecule has 11 aromatic rings. The summed E-state index contributed by atoms with van der Waals surface area (Å²) in [6.07, 6.45) is 0. The van der Waals surface area contributed by atoms with Crippen LogP contribution in [0, 0.1) is 0 Å². The van der Waals surface area contributed by atoms with Crippen molar-refractivity contribution >= 4 is 83.1 Å². The van der Waals surface area contributed by atoms with Gasteiger partial charge < -0.3 is 13.3 Å². The summed E-state index contributed by atoms with van der Waals surface area (Å²) in [6.45, 7) is 0. The zero-order chi connectivity index (χ0) is 34.2. The molecule has 0 bridgehead atoms. The van der Waals surface area contributed by atoms with Gasteiger partial charge in [-0.1, -0.05) is 84.9 Å². The molecular formula is C45H26N4O3. The van der Waals surface area contributed by atoms with Gasteiger partial charge in [0.1, 0.15) is 33.5 Å². The van der Waals surface area contributed by atoms with E-state index in [0.717, 1.165) is 88.3 Å². The molecule has 7 heteroatoms. The van der Waals surface area contributed by atoms with Gasteiger partial charge in [0, 0.05) is 43.7 Å². The van der Waals surface area contributed by atoms with Gasteiger partial charge in [0.05, 0.1) is 11.1 Å². The third kappa shape index (κ3) is 4.43. The zero-order valence-corrected chi connectivity index (χ0v) is 27.5. The van der Waals surface area contributed by atoms with Gasteiger partial charge in [-0.2, -0.15) is 9.97 Å². The van der Waals surface area contributed by atoms with Crippen molar-refractivity contribution in [2.45, 2.75) is 0 Å². The summed E-state index contributed by atoms with van der Waals surface area (Å²) in [4.78, 5) is 17.7. The summed E-state index contributed by atoms with van der Waals surface area (Å²) in [5.74, 6) is 1.51. The van der Waals surface area contributed by atoms with Gasteiger partial charge in [-0.15, -0.1) is 0 Å². The Morgan fingerprint density at radius 3 is 1.67 bits per heavy atom. The molecule has 7 nitrogen and oxygen atoms in total. The molecular weight excluding hydrogens is 645 g/mol. The topological polar surface area (TPSA) is 81.3 Å². The Bertz CT molecular complexity index is 3160. The van der Waals surface area contributed by atoms with Gasteiger partial charge in [0.25, 0.3) is 0 Å². The molecule has 4 heterocycles. The van der Waals surface area contributed by atoms with Crippen molar-refractivity contribution in [1.82, 2.24) is 15.0 Å². The molecule has 0 atom stereocenters. The summed E-state index contributed by atoms with van der Waals surface area (Å²) in [5.41, 5.74) is 8.27. The second-order valence-corrected chi connectivity index (χ2v) is 12.8. The zero-order valence-electron chi connectivity index (χ0n) is 27.5. The van der Waals surface area contributed by atoms with Crippen molar-refractivity contribution in [3.63, 3.8) is 0 Å². The van der Waals surface area contributed by atoms with Crippen LogP contribution >= 0.6 is 0 Å². The first-order valence-electron chi connectivity index (χ1n) is 17.1. The molecule has 244 valence electrons. The number of nitrogens with zero attached hydrogens (tertiary/aromatic N) is 4. The molecule has 0 spiro atoms. The minimum Gasteiger partial charge on any atom is -0.456 e. The molecule has 0 amide bonds. The molecule has 11 rings (SSSR count). The lowest BCUT2D eigenvalue weighted by Gasteiger charge is -2.24. The Morgan fingerprint density at radius 2 is 0.904 bits per heavy atom. The molecule has 0 saturated heterocycles. The first-order chi connectivity index (χ1) is 25.7. The molecule has 0 saturated carbocycles. The van der Waals surface area contributed by atoms with E-state index in [2.05, 4.69) is 59.5 Å². The van der Waals surface area contributed by atoms with Crippen LogP contribution in [-0.2, 0) is 0 Å². The summed E-state index contributed by atoms with van der Waals surface area (Å²) in [7, 11) is 0. The first kappa shape index (κ1) is 28.6. The van der Waals surface area contributed by atoms with Crippen molar-refractivity contribution in [3.8, 4) is 22.8 Å². The summed E-state index contributed by atoms with van der Waals surface area (Å²) in [6, 6.07) is 52.8. The minimum atomic E-state index is 0.464. The highest BCUT2D eigenvalue weighted by Crippen LogP contribution is 2.43. The summed E-state index contributed by atoms with van der Waals surface area (Å²) in [5, 5.41) is 6.12. The second kappa shape index (κ2) is 11.1. The summed E-state index contributed by atoms with van der Waals surface area (Å²) >= 11 is 0. The third-order valence-corrected chi connectivity index (χ3v) is 9.73. The lowest BCUT2D eigenvalue weighted by atomic mass is 10.1. The lowest BCUT2D eigenvalue weighted by molar-refractivity contribution is 0.668. The number of aromatic nitrogens is 3. The maximum Gasteiger partial charge on any atom is 0.238 e. The van der Waals surface area contributed by atoms with Crippen LogP contribution in [0.4, 0.5) is 17.3 Å². The fourth-order valence-electron chi connectivity index (χ4n) is 7.33. The van der Waals surface area contributed by atoms with E-state index in [0.29, 0.717) is 17.6 Å². The van der Waals surface area contributed by atoms with E-state index in [1.807, 2.05) is 103 Å². The van der Waals surface area contributed by atoms with E-state index in [1.165, 1.54) is 0 Å². The number of para-hydroxylation sites is 4. The normalized spacial score (nSPS) is 11.8. The summed E-state index contributed by atoms with van der Waals surface area (Å²) < 4.78 is 18.8. The monoisotopic (exact) mass is 670 g/mol. The van der Waals surface area contributed by atoms with Crippen LogP contribution in [0.5, 0.6) is 0 Å². The quantitative estimate of drug-likeness (QED) is 0.180. The van der Waals surface area contributed by atoms with Gasteiger partial charge in [0.2, 0.25) is 5.95 Å². The average molecular weight is 671 g/mol. The number of benzene rings is 7. The Labute approximate surface area is 296 Å². The Balaban J connectivity index is 1.19. The maximum absolute atomic E-state index is 6.34. The highest BCUT2D eigenvalue weighted by molar-refractivity contribution is 6.13. The van der Waals surface area contributed by atoms with Gasteiger partial charge in [-0.25, -0.2) is 4.98 Å². The average Bonchev–Trinajstić information content (AvgIpc) is 3.89. The predicted octanol–water partition coefficient (Wildman–Crippen LogP) is 12.4. The van der Waals surface area contributed by atoms with E-state index >= 15 is 0 Å². The van der Waals surface area contributed by atoms with Crippen molar-refractivity contribution in [3.05, 3.63) is 158 Å². The van der Waals surface area contributed by atoms with E-state index in [-0.39, 0.29) is 0 Å². The number of rotatable bonds is 5. The molecule has 0 fully saturated rings. The van der Waals surface area contributed by atoms with Crippen LogP contribution in [0.3, 0.4) is 0 Å². The van der Waals surface area contributed by atoms with Gasteiger partial charge in [-0.05, 0) is 72.8 Å². The smallest absolute Gasteiger partial charge is 0.238 e. The van der Waals surface area contributed by atoms with Crippen molar-refractivity contribution in [2.24, 2.45) is 0 Å². The lowest BCUT2D eigenvalue weighted by Crippen LogP contribution is -2.15. The predicted molar refractivity (Wildman–Crippen MR) is 207 cm³/mol. The van der Waals surface area contributed by atoms with Gasteiger partial charge in [0.15, 0.2) is 11.6 Å². The van der Waals surface area contributed by atoms with Crippen molar-refractivity contribution in [2.75, 3.05) is 4.90 Å². The fraction of sp³-hybridized carbons (Fsp3) is 0. The minimum absolute atomic E-state index is 0.464. The number of hydrogen-bond donors (Lipinski definition) is 0. The number of furan rings is 3. The van der Waals surface area contributed by atoms with Crippen LogP contribution in [0.25, 0.3) is 88.6 Å². The number of anilines is 3. The Hall–Kier alpha value is -7.25. The van der Waals surface area contributed by atoms with Gasteiger partial charge >= 0.3 is 0 Å². The maximum atomic E-state index is 6.34. The van der Waals surface area contributed by atoms with Crippen molar-refractivity contribution < 1.29 is 13.3 Å². The molecule has 0 N–H and O–H groups in total. The molecule has 4 aromatic heterocycles. The third-order valence-electron chi connectivity index (χ3n) is 9.73. The molecule has 0 unspecified atom stereocenters. The molecule has 0 radical (unpaired) electrons. The fourth-order valence-corrected chi connectivity index (χ4v) is 7.33. The molecule has 0 aliphatic carbocycles. The molecule has 7 aromatic carbocycles. The number of hydrogen-bond acceptors (Lipinski definition) is 7. The van der Waals surface area contributed by atoms with Gasteiger partial charge in [-0.3, -0.25) is 4.90 Å². The van der Waals surface area contributed by atoms with E-state index in [1.54, 1.807) is 0 Å². The standard InChI is InChI=1S/C45H26N4O3/c1-2-11-29(12-3-1)49(35-16-10-20-40-42(35)33-15-6-9-19-38(33)51-40)45-47-43(27-22-24-39-34(25-27)31-14-5-8-18-37(31)50-39)46-44(48-45)28-21-23-32-30-13-4-7-17-36(30)52-41(32)26-28/h1-26H. The van der Waals surface area contributed by atoms with Crippen LogP contribution in [0.15, 0.2) is 171 Å². The molecule has 0 aliphatic rings. The van der Waals surface area contributed by atoms with Crippen LogP contribution in [0.1, 0.15) is 0 Å². The first-order valence-corrected chi connectivity index (χ1v) is 17.1. The Morgan fingerprint density at radius 1 is 0.365 bits per heavy atom. The van der Waals surface area contributed by atoms with E-state index in [4.69, 9.17) is 28.2 Å². The molecule has 0 aliphatic heterocycles. The highest BCUT2D eigenvalue weighted by atomic mass is 16.3. The Kier molecular flexibility index (Phi) is 6.12. The van der Waals surface area contributed by atoms with Crippen molar-refractivity contribution in [1.29, 1.82) is 0 Å². The van der Waals surface area contributed by atoms with Crippen LogP contribution in [0.2, 0.25) is 0 Å². The van der Waals surface area contributed by atoms with E-state index in [9.17, 15) is 0 Å². The second-order valence-electron chi connectivity index (χ2n) is 12.8. The van der Waals surface area contributed by atoms with Crippen LogP contribution < -0.4 is 4.90 Å². The van der Waals surface area contributed by atoms with Crippen LogP contribution in [-0.4, -0.2) is 15.0 Å².